The number of unbranched alkanes of at least 4 members (excludes halogenated alkanes) is 16. The Kier molecular flexibility index (Phi) is 32.8. The highest BCUT2D eigenvalue weighted by Gasteiger charge is 2.39. The SMILES string of the molecule is CCCCCCCC/C=C\CCCCCCCCCC(=O)O[C@H](COC(=O)CCC/C=C\C[C@H]1C(=O)C[C@@H](O)[C@@H]1/C=C/[C@@H](O)CCCCC)COP(=O)(O)OCC[N+](C)(C)C. The fourth-order valence-corrected chi connectivity index (χ4v) is 7.91. The molecule has 0 radical (unpaired) electrons. The van der Waals surface area contributed by atoms with Crippen molar-refractivity contribution >= 4 is 25.5 Å². The van der Waals surface area contributed by atoms with E-state index in [1.54, 1.807) is 12.2 Å². The molecule has 1 fully saturated rings. The van der Waals surface area contributed by atoms with Crippen LogP contribution in [0, 0.1) is 11.8 Å². The molecule has 0 amide bonds. The topological polar surface area (TPSA) is 166 Å². The van der Waals surface area contributed by atoms with Crippen molar-refractivity contribution < 1.29 is 57.1 Å². The molecule has 0 saturated heterocycles. The maximum atomic E-state index is 12.8. The van der Waals surface area contributed by atoms with Gasteiger partial charge in [-0.15, -0.1) is 0 Å². The van der Waals surface area contributed by atoms with E-state index in [0.29, 0.717) is 43.1 Å². The van der Waals surface area contributed by atoms with Gasteiger partial charge in [0.05, 0.1) is 40.0 Å². The Bertz CT molecular complexity index is 1300. The number of hydrogen-bond acceptors (Lipinski definition) is 10. The van der Waals surface area contributed by atoms with Crippen LogP contribution in [0.2, 0.25) is 0 Å². The van der Waals surface area contributed by atoms with Crippen molar-refractivity contribution in [3.63, 3.8) is 0 Å². The predicted octanol–water partition coefficient (Wildman–Crippen LogP) is 10.3. The lowest BCUT2D eigenvalue weighted by Crippen LogP contribution is -2.37. The molecule has 0 aliphatic heterocycles. The minimum Gasteiger partial charge on any atom is -0.462 e. The van der Waals surface area contributed by atoms with Crippen LogP contribution in [0.25, 0.3) is 0 Å². The van der Waals surface area contributed by atoms with Gasteiger partial charge in [-0.2, -0.15) is 0 Å². The largest absolute Gasteiger partial charge is 0.472 e. The first-order valence-electron chi connectivity index (χ1n) is 23.8. The molecule has 1 rings (SSSR count). The average molecular weight is 885 g/mol. The van der Waals surface area contributed by atoms with Crippen LogP contribution in [0.3, 0.4) is 0 Å². The summed E-state index contributed by atoms with van der Waals surface area (Å²) in [7, 11) is 1.33. The number of ether oxygens (including phenoxy) is 2. The van der Waals surface area contributed by atoms with Crippen LogP contribution in [0.1, 0.15) is 174 Å². The smallest absolute Gasteiger partial charge is 0.462 e. The Labute approximate surface area is 370 Å². The third-order valence-corrected chi connectivity index (χ3v) is 12.0. The number of aliphatic hydroxyl groups excluding tert-OH is 2. The van der Waals surface area contributed by atoms with Gasteiger partial charge in [-0.1, -0.05) is 134 Å². The van der Waals surface area contributed by atoms with E-state index in [4.69, 9.17) is 18.5 Å². The van der Waals surface area contributed by atoms with Gasteiger partial charge in [0.2, 0.25) is 0 Å². The number of rotatable bonds is 39. The summed E-state index contributed by atoms with van der Waals surface area (Å²) >= 11 is 0. The van der Waals surface area contributed by atoms with Crippen LogP contribution >= 0.6 is 7.82 Å². The first-order valence-corrected chi connectivity index (χ1v) is 25.3. The molecule has 61 heavy (non-hydrogen) atoms. The zero-order chi connectivity index (χ0) is 45.2. The molecule has 354 valence electrons. The summed E-state index contributed by atoms with van der Waals surface area (Å²) < 4.78 is 34.3. The van der Waals surface area contributed by atoms with Crippen molar-refractivity contribution in [2.75, 3.05) is 47.5 Å². The summed E-state index contributed by atoms with van der Waals surface area (Å²) in [6.07, 6.45) is 32.7. The highest BCUT2D eigenvalue weighted by molar-refractivity contribution is 7.47. The zero-order valence-electron chi connectivity index (χ0n) is 38.9. The lowest BCUT2D eigenvalue weighted by molar-refractivity contribution is -0.870. The van der Waals surface area contributed by atoms with Crippen LogP contribution in [0.5, 0.6) is 0 Å². The number of likely N-dealkylation sites (N-methyl/N-ethyl adjacent to an activating group) is 1. The predicted molar refractivity (Wildman–Crippen MR) is 244 cm³/mol. The van der Waals surface area contributed by atoms with E-state index >= 15 is 0 Å². The van der Waals surface area contributed by atoms with Crippen LogP contribution in [-0.4, -0.2) is 103 Å². The Balaban J connectivity index is 2.47. The number of phosphoric acid groups is 1. The second kappa shape index (κ2) is 35.2. The first-order chi connectivity index (χ1) is 29.2. The molecule has 1 aliphatic carbocycles. The second-order valence-corrected chi connectivity index (χ2v) is 19.4. The number of allylic oxidation sites excluding steroid dienone is 4. The van der Waals surface area contributed by atoms with Gasteiger partial charge in [-0.3, -0.25) is 23.4 Å². The quantitative estimate of drug-likeness (QED) is 0.0177. The van der Waals surface area contributed by atoms with Crippen LogP contribution in [-0.2, 0) is 37.5 Å². The molecule has 12 nitrogen and oxygen atoms in total. The number of quaternary nitrogens is 1. The number of phosphoric ester groups is 1. The normalized spacial score (nSPS) is 19.3. The first kappa shape index (κ1) is 56.8. The Morgan fingerprint density at radius 2 is 1.31 bits per heavy atom. The lowest BCUT2D eigenvalue weighted by atomic mass is 9.90. The fraction of sp³-hybridized carbons (Fsp3) is 0.812. The molecule has 1 aliphatic rings. The molecule has 1 unspecified atom stereocenters. The lowest BCUT2D eigenvalue weighted by Gasteiger charge is -2.24. The molecule has 13 heteroatoms. The summed E-state index contributed by atoms with van der Waals surface area (Å²) in [5.41, 5.74) is 0. The molecule has 0 bridgehead atoms. The van der Waals surface area contributed by atoms with Crippen molar-refractivity contribution in [1.29, 1.82) is 0 Å². The van der Waals surface area contributed by atoms with Crippen LogP contribution < -0.4 is 0 Å². The summed E-state index contributed by atoms with van der Waals surface area (Å²) in [6, 6.07) is 0. The minimum absolute atomic E-state index is 0.00165. The number of nitrogens with zero attached hydrogens (tertiary/aromatic N) is 1. The number of ketones is 1. The molecule has 0 spiro atoms. The van der Waals surface area contributed by atoms with Crippen molar-refractivity contribution in [2.45, 2.75) is 193 Å². The van der Waals surface area contributed by atoms with Crippen molar-refractivity contribution in [3.05, 3.63) is 36.5 Å². The highest BCUT2D eigenvalue weighted by atomic mass is 31.2. The second-order valence-electron chi connectivity index (χ2n) is 17.9. The molecule has 0 aromatic heterocycles. The molecule has 0 aromatic carbocycles. The fourth-order valence-electron chi connectivity index (χ4n) is 7.17. The Morgan fingerprint density at radius 1 is 0.754 bits per heavy atom. The van der Waals surface area contributed by atoms with Crippen molar-refractivity contribution in [2.24, 2.45) is 11.8 Å². The number of Topliss-reactive ketones (excluding diaryl/α,β-unsaturated/α-hetero) is 1. The van der Waals surface area contributed by atoms with E-state index in [-0.39, 0.29) is 50.1 Å². The molecule has 1 saturated carbocycles. The van der Waals surface area contributed by atoms with Gasteiger partial charge >= 0.3 is 19.8 Å². The van der Waals surface area contributed by atoms with E-state index in [0.717, 1.165) is 44.9 Å². The number of carbonyl (C=O) groups is 3. The molecule has 0 aromatic rings. The van der Waals surface area contributed by atoms with Crippen LogP contribution in [0.4, 0.5) is 0 Å². The third kappa shape index (κ3) is 32.2. The molecular formula is C48H87NO11P+. The minimum atomic E-state index is -4.44. The van der Waals surface area contributed by atoms with E-state index in [2.05, 4.69) is 26.0 Å². The van der Waals surface area contributed by atoms with Gasteiger partial charge in [0.25, 0.3) is 0 Å². The van der Waals surface area contributed by atoms with E-state index in [1.807, 2.05) is 33.3 Å². The number of carbonyl (C=O) groups excluding carboxylic acids is 3. The standard InChI is InChI=1S/C48H86NO11P/c1-6-8-10-11-12-13-14-15-16-17-18-19-20-21-22-23-29-33-48(54)60-42(40-59-61(55,56)58-37-36-49(3,4)5)39-57-47(53)32-28-25-24-27-31-43-44(46(52)38-45(43)51)35-34-41(50)30-26-9-7-2/h15-16,24,27,34-35,41-44,46,50,52H,6-14,17-23,25-26,28-33,36-40H2,1-5H3/p+1/b16-15-,27-24-,35-34+/t41-,42+,43+,44+,46+/m0/s1. The maximum Gasteiger partial charge on any atom is 0.472 e. The van der Waals surface area contributed by atoms with Crippen molar-refractivity contribution in [1.82, 2.24) is 0 Å². The monoisotopic (exact) mass is 885 g/mol. The van der Waals surface area contributed by atoms with Gasteiger partial charge in [-0.05, 0) is 57.8 Å². The van der Waals surface area contributed by atoms with Gasteiger partial charge in [0.15, 0.2) is 6.10 Å². The summed E-state index contributed by atoms with van der Waals surface area (Å²) in [5, 5.41) is 20.7. The van der Waals surface area contributed by atoms with Gasteiger partial charge in [-0.25, -0.2) is 4.57 Å². The number of esters is 2. The average Bonchev–Trinajstić information content (AvgIpc) is 3.47. The van der Waals surface area contributed by atoms with Gasteiger partial charge in [0, 0.05) is 31.1 Å². The maximum absolute atomic E-state index is 12.8. The third-order valence-electron chi connectivity index (χ3n) is 11.0. The Hall–Kier alpha value is -2.18. The van der Waals surface area contributed by atoms with Crippen molar-refractivity contribution in [3.8, 4) is 0 Å². The van der Waals surface area contributed by atoms with Gasteiger partial charge < -0.3 is 29.1 Å². The summed E-state index contributed by atoms with van der Waals surface area (Å²) in [4.78, 5) is 48.2. The molecule has 3 N–H and O–H groups in total. The van der Waals surface area contributed by atoms with E-state index < -0.39 is 44.7 Å². The number of hydrogen-bond donors (Lipinski definition) is 3. The molecule has 6 atom stereocenters. The van der Waals surface area contributed by atoms with E-state index in [9.17, 15) is 34.1 Å². The van der Waals surface area contributed by atoms with E-state index in [1.165, 1.54) is 64.2 Å². The number of aliphatic hydroxyl groups is 2. The highest BCUT2D eigenvalue weighted by Crippen LogP contribution is 2.43. The summed E-state index contributed by atoms with van der Waals surface area (Å²) in [6.45, 7) is 4.01. The van der Waals surface area contributed by atoms with Crippen LogP contribution in [0.15, 0.2) is 36.5 Å². The molecular weight excluding hydrogens is 797 g/mol. The molecule has 0 heterocycles. The Morgan fingerprint density at radius 3 is 1.95 bits per heavy atom. The summed E-state index contributed by atoms with van der Waals surface area (Å²) in [5.74, 6) is -1.70. The van der Waals surface area contributed by atoms with Gasteiger partial charge in [0.1, 0.15) is 25.5 Å². The zero-order valence-corrected chi connectivity index (χ0v) is 39.8.